The largest absolute Gasteiger partial charge is 0.493 e. The number of rotatable bonds is 5. The monoisotopic (exact) mass is 307 g/mol. The first-order valence-corrected chi connectivity index (χ1v) is 7.21. The number of ether oxygens (including phenoxy) is 3. The van der Waals surface area contributed by atoms with Crippen LogP contribution in [0.4, 0.5) is 5.69 Å². The molecule has 0 aliphatic carbocycles. The number of carbonyl (C=O) groups excluding carboxylic acids is 1. The summed E-state index contributed by atoms with van der Waals surface area (Å²) in [5.74, 6) is 0.878. The summed E-state index contributed by atoms with van der Waals surface area (Å²) in [6, 6.07) is 7.31. The lowest BCUT2D eigenvalue weighted by Gasteiger charge is -2.08. The molecule has 0 bridgehead atoms. The first kappa shape index (κ1) is 15.2. The van der Waals surface area contributed by atoms with Gasteiger partial charge in [-0.2, -0.15) is 0 Å². The molecule has 2 rings (SSSR count). The maximum atomic E-state index is 11.8. The summed E-state index contributed by atoms with van der Waals surface area (Å²) in [6.07, 6.45) is 0. The second-order valence-electron chi connectivity index (χ2n) is 4.19. The average molecular weight is 307 g/mol. The maximum Gasteiger partial charge on any atom is 0.350 e. The van der Waals surface area contributed by atoms with Crippen molar-refractivity contribution in [2.75, 3.05) is 26.6 Å². The van der Waals surface area contributed by atoms with Crippen molar-refractivity contribution in [2.45, 2.75) is 6.92 Å². The summed E-state index contributed by atoms with van der Waals surface area (Å²) < 4.78 is 15.5. The van der Waals surface area contributed by atoms with Crippen LogP contribution < -0.4 is 15.2 Å². The van der Waals surface area contributed by atoms with Crippen LogP contribution in [0.5, 0.6) is 11.5 Å². The Hall–Kier alpha value is -2.21. The molecule has 1 aromatic carbocycles. The van der Waals surface area contributed by atoms with Gasteiger partial charge in [0.25, 0.3) is 0 Å². The molecule has 1 aromatic heterocycles. The smallest absolute Gasteiger partial charge is 0.350 e. The molecule has 0 saturated heterocycles. The number of esters is 1. The van der Waals surface area contributed by atoms with E-state index in [1.807, 2.05) is 18.2 Å². The van der Waals surface area contributed by atoms with Crippen LogP contribution in [0.15, 0.2) is 24.3 Å². The van der Waals surface area contributed by atoms with E-state index in [1.54, 1.807) is 27.2 Å². The molecule has 5 nitrogen and oxygen atoms in total. The highest BCUT2D eigenvalue weighted by Gasteiger charge is 2.17. The second-order valence-corrected chi connectivity index (χ2v) is 5.24. The zero-order valence-electron chi connectivity index (χ0n) is 12.1. The first-order valence-electron chi connectivity index (χ1n) is 6.39. The highest BCUT2D eigenvalue weighted by molar-refractivity contribution is 7.18. The Balaban J connectivity index is 2.39. The van der Waals surface area contributed by atoms with Gasteiger partial charge in [0.15, 0.2) is 11.5 Å². The van der Waals surface area contributed by atoms with Crippen LogP contribution in [-0.2, 0) is 4.74 Å². The zero-order chi connectivity index (χ0) is 15.4. The number of methoxy groups -OCH3 is 2. The molecule has 0 unspecified atom stereocenters. The van der Waals surface area contributed by atoms with E-state index in [2.05, 4.69) is 0 Å². The normalized spacial score (nSPS) is 10.2. The van der Waals surface area contributed by atoms with Crippen molar-refractivity contribution in [3.8, 4) is 21.9 Å². The molecule has 112 valence electrons. The predicted octanol–water partition coefficient (Wildman–Crippen LogP) is 3.19. The summed E-state index contributed by atoms with van der Waals surface area (Å²) >= 11 is 1.30. The first-order chi connectivity index (χ1) is 10.1. The Morgan fingerprint density at radius 1 is 1.19 bits per heavy atom. The van der Waals surface area contributed by atoms with Gasteiger partial charge in [0.1, 0.15) is 4.88 Å². The van der Waals surface area contributed by atoms with Crippen molar-refractivity contribution in [2.24, 2.45) is 0 Å². The number of hydrogen-bond donors (Lipinski definition) is 1. The molecule has 0 aliphatic rings. The van der Waals surface area contributed by atoms with E-state index in [9.17, 15) is 4.79 Å². The Bertz CT molecular complexity index is 651. The number of anilines is 1. The zero-order valence-corrected chi connectivity index (χ0v) is 13.0. The fourth-order valence-electron chi connectivity index (χ4n) is 1.89. The molecule has 21 heavy (non-hydrogen) atoms. The van der Waals surface area contributed by atoms with Crippen LogP contribution in [0.1, 0.15) is 16.6 Å². The number of hydrogen-bond acceptors (Lipinski definition) is 6. The fraction of sp³-hybridized carbons (Fsp3) is 0.267. The number of carbonyl (C=O) groups is 1. The molecule has 0 spiro atoms. The third-order valence-electron chi connectivity index (χ3n) is 2.89. The Kier molecular flexibility index (Phi) is 4.70. The molecule has 0 aliphatic heterocycles. The molecule has 0 amide bonds. The quantitative estimate of drug-likeness (QED) is 0.859. The third-order valence-corrected chi connectivity index (χ3v) is 4.07. The number of thiophene rings is 1. The van der Waals surface area contributed by atoms with Crippen LogP contribution in [0.3, 0.4) is 0 Å². The van der Waals surface area contributed by atoms with Crippen LogP contribution in [-0.4, -0.2) is 26.8 Å². The Morgan fingerprint density at radius 3 is 2.52 bits per heavy atom. The van der Waals surface area contributed by atoms with Gasteiger partial charge >= 0.3 is 5.97 Å². The molecule has 0 saturated carbocycles. The molecule has 1 heterocycles. The lowest BCUT2D eigenvalue weighted by atomic mass is 10.1. The van der Waals surface area contributed by atoms with Crippen molar-refractivity contribution in [1.82, 2.24) is 0 Å². The van der Waals surface area contributed by atoms with Crippen molar-refractivity contribution < 1.29 is 19.0 Å². The van der Waals surface area contributed by atoms with Crippen molar-refractivity contribution in [3.63, 3.8) is 0 Å². The summed E-state index contributed by atoms with van der Waals surface area (Å²) in [4.78, 5) is 13.1. The van der Waals surface area contributed by atoms with Gasteiger partial charge < -0.3 is 19.9 Å². The average Bonchev–Trinajstić information content (AvgIpc) is 2.88. The minimum absolute atomic E-state index is 0.321. The standard InChI is InChI=1S/C15H17NO4S/c1-4-20-15(17)14-10(16)8-13(21-14)9-5-6-11(18-2)12(7-9)19-3/h5-8H,4,16H2,1-3H3. The van der Waals surface area contributed by atoms with Gasteiger partial charge in [0, 0.05) is 4.88 Å². The second kappa shape index (κ2) is 6.49. The van der Waals surface area contributed by atoms with Gasteiger partial charge in [-0.1, -0.05) is 0 Å². The van der Waals surface area contributed by atoms with E-state index < -0.39 is 5.97 Å². The van der Waals surface area contributed by atoms with Crippen LogP contribution >= 0.6 is 11.3 Å². The highest BCUT2D eigenvalue weighted by atomic mass is 32.1. The van der Waals surface area contributed by atoms with Crippen molar-refractivity contribution >= 4 is 23.0 Å². The van der Waals surface area contributed by atoms with Gasteiger partial charge in [-0.25, -0.2) is 4.79 Å². The van der Waals surface area contributed by atoms with E-state index in [1.165, 1.54) is 11.3 Å². The van der Waals surface area contributed by atoms with Gasteiger partial charge in [-0.15, -0.1) is 11.3 Å². The van der Waals surface area contributed by atoms with Gasteiger partial charge in [-0.05, 0) is 36.8 Å². The molecule has 2 aromatic rings. The molecule has 0 atom stereocenters. The van der Waals surface area contributed by atoms with E-state index in [0.29, 0.717) is 28.7 Å². The minimum atomic E-state index is -0.397. The van der Waals surface area contributed by atoms with Gasteiger partial charge in [0.2, 0.25) is 0 Å². The van der Waals surface area contributed by atoms with E-state index >= 15 is 0 Å². The number of nitrogen functional groups attached to an aromatic ring is 1. The number of nitrogens with two attached hydrogens (primary N) is 1. The Labute approximate surface area is 127 Å². The molecule has 2 N–H and O–H groups in total. The van der Waals surface area contributed by atoms with Gasteiger partial charge in [0.05, 0.1) is 26.5 Å². The van der Waals surface area contributed by atoms with E-state index in [0.717, 1.165) is 10.4 Å². The van der Waals surface area contributed by atoms with Crippen LogP contribution in [0.25, 0.3) is 10.4 Å². The minimum Gasteiger partial charge on any atom is -0.493 e. The topological polar surface area (TPSA) is 70.8 Å². The summed E-state index contributed by atoms with van der Waals surface area (Å²) in [7, 11) is 3.16. The summed E-state index contributed by atoms with van der Waals surface area (Å²) in [5.41, 5.74) is 7.21. The van der Waals surface area contributed by atoms with Crippen molar-refractivity contribution in [1.29, 1.82) is 0 Å². The van der Waals surface area contributed by atoms with Crippen LogP contribution in [0.2, 0.25) is 0 Å². The summed E-state index contributed by atoms with van der Waals surface area (Å²) in [6.45, 7) is 2.08. The lowest BCUT2D eigenvalue weighted by molar-refractivity contribution is 0.0533. The molecular weight excluding hydrogens is 290 g/mol. The van der Waals surface area contributed by atoms with E-state index in [4.69, 9.17) is 19.9 Å². The number of benzene rings is 1. The molecule has 6 heteroatoms. The Morgan fingerprint density at radius 2 is 1.90 bits per heavy atom. The highest BCUT2D eigenvalue weighted by Crippen LogP contribution is 2.37. The maximum absolute atomic E-state index is 11.8. The molecular formula is C15H17NO4S. The SMILES string of the molecule is CCOC(=O)c1sc(-c2ccc(OC)c(OC)c2)cc1N. The van der Waals surface area contributed by atoms with Crippen LogP contribution in [0, 0.1) is 0 Å². The van der Waals surface area contributed by atoms with Gasteiger partial charge in [-0.3, -0.25) is 0 Å². The van der Waals surface area contributed by atoms with Crippen molar-refractivity contribution in [3.05, 3.63) is 29.1 Å². The van der Waals surface area contributed by atoms with E-state index in [-0.39, 0.29) is 0 Å². The molecule has 0 fully saturated rings. The fourth-order valence-corrected chi connectivity index (χ4v) is 2.86. The third kappa shape index (κ3) is 3.11. The summed E-state index contributed by atoms with van der Waals surface area (Å²) in [5, 5.41) is 0. The lowest BCUT2D eigenvalue weighted by Crippen LogP contribution is -2.04. The predicted molar refractivity (Wildman–Crippen MR) is 83.2 cm³/mol. The molecule has 0 radical (unpaired) electrons.